The first-order valence-corrected chi connectivity index (χ1v) is 16.4. The Kier molecular flexibility index (Phi) is 9.22. The topological polar surface area (TPSA) is 120 Å². The van der Waals surface area contributed by atoms with E-state index in [0.29, 0.717) is 43.6 Å². The predicted octanol–water partition coefficient (Wildman–Crippen LogP) is 6.19. The van der Waals surface area contributed by atoms with Crippen LogP contribution in [0.25, 0.3) is 11.0 Å². The largest absolute Gasteiger partial charge is 0.494 e. The van der Waals surface area contributed by atoms with Crippen molar-refractivity contribution in [3.63, 3.8) is 0 Å². The molecule has 1 saturated carbocycles. The van der Waals surface area contributed by atoms with Crippen LogP contribution in [-0.4, -0.2) is 69.6 Å². The van der Waals surface area contributed by atoms with Crippen LogP contribution >= 0.6 is 0 Å². The maximum Gasteiger partial charge on any atom is 0.408 e. The van der Waals surface area contributed by atoms with E-state index in [1.165, 1.54) is 11.8 Å². The van der Waals surface area contributed by atoms with Gasteiger partial charge in [-0.2, -0.15) is 8.78 Å². The Labute approximate surface area is 268 Å². The maximum atomic E-state index is 16.1. The molecule has 0 unspecified atom stereocenters. The van der Waals surface area contributed by atoms with Crippen LogP contribution in [0.2, 0.25) is 0 Å². The normalized spacial score (nSPS) is 30.2. The number of alkyl halides is 2. The summed E-state index contributed by atoms with van der Waals surface area (Å²) in [6.07, 6.45) is 0.356. The molecule has 0 radical (unpaired) electrons. The van der Waals surface area contributed by atoms with Gasteiger partial charge in [0.25, 0.3) is 5.92 Å². The molecule has 12 heteroatoms. The molecule has 46 heavy (non-hydrogen) atoms. The molecule has 3 heterocycles. The average molecular weight is 645 g/mol. The van der Waals surface area contributed by atoms with Gasteiger partial charge in [-0.25, -0.2) is 14.8 Å². The lowest BCUT2D eigenvalue weighted by Gasteiger charge is -2.35. The molecule has 252 valence electrons. The summed E-state index contributed by atoms with van der Waals surface area (Å²) in [7, 11) is 0. The summed E-state index contributed by atoms with van der Waals surface area (Å²) in [6.45, 7) is 12.7. The Bertz CT molecular complexity index is 1500. The second-order valence-electron chi connectivity index (χ2n) is 14.2. The summed E-state index contributed by atoms with van der Waals surface area (Å²) in [5.41, 5.74) is -1.43. The van der Waals surface area contributed by atoms with Gasteiger partial charge < -0.3 is 24.4 Å². The quantitative estimate of drug-likeness (QED) is 0.419. The maximum absolute atomic E-state index is 16.1. The van der Waals surface area contributed by atoms with Gasteiger partial charge in [-0.1, -0.05) is 34.1 Å². The molecule has 3 aliphatic rings. The number of Topliss-reactive ketones (excluding diaryl/α,β-unsaturated/α-hetero) is 1. The summed E-state index contributed by atoms with van der Waals surface area (Å²) >= 11 is 0. The summed E-state index contributed by atoms with van der Waals surface area (Å²) in [5, 5.41) is 2.79. The fraction of sp³-hybridized carbons (Fsp3) is 0.676. The number of ketones is 1. The Morgan fingerprint density at radius 1 is 1.15 bits per heavy atom. The first kappa shape index (κ1) is 33.8. The van der Waals surface area contributed by atoms with E-state index in [1.807, 2.05) is 41.5 Å². The van der Waals surface area contributed by atoms with E-state index in [9.17, 15) is 14.4 Å². The summed E-state index contributed by atoms with van der Waals surface area (Å²) in [4.78, 5) is 50.9. The van der Waals surface area contributed by atoms with Gasteiger partial charge in [0, 0.05) is 24.3 Å². The zero-order valence-electron chi connectivity index (χ0n) is 27.8. The van der Waals surface area contributed by atoms with E-state index < -0.39 is 65.2 Å². The number of aromatic nitrogens is 2. The molecule has 5 rings (SSSR count). The number of fused-ring (bicyclic) bond motifs is 5. The third-order valence-electron chi connectivity index (χ3n) is 9.64. The Morgan fingerprint density at radius 3 is 2.54 bits per heavy atom. The molecule has 2 aliphatic heterocycles. The average Bonchev–Trinajstić information content (AvgIpc) is 3.44. The number of alkyl carbamates (subject to hydrolysis) is 1. The van der Waals surface area contributed by atoms with Crippen LogP contribution in [0.4, 0.5) is 13.6 Å². The Morgan fingerprint density at radius 2 is 1.89 bits per heavy atom. The van der Waals surface area contributed by atoms with E-state index in [2.05, 4.69) is 15.3 Å². The summed E-state index contributed by atoms with van der Waals surface area (Å²) < 4.78 is 49.8. The van der Waals surface area contributed by atoms with Crippen LogP contribution in [0.15, 0.2) is 18.2 Å². The molecule has 2 amide bonds. The first-order chi connectivity index (χ1) is 21.6. The molecular weight excluding hydrogens is 598 g/mol. The number of rotatable bonds is 4. The number of ether oxygens (including phenoxy) is 3. The van der Waals surface area contributed by atoms with Crippen LogP contribution in [0, 0.1) is 17.3 Å². The number of hydrogen-bond acceptors (Lipinski definition) is 8. The lowest BCUT2D eigenvalue weighted by atomic mass is 9.85. The minimum Gasteiger partial charge on any atom is -0.494 e. The van der Waals surface area contributed by atoms with E-state index in [-0.39, 0.29) is 36.1 Å². The second kappa shape index (κ2) is 12.6. The predicted molar refractivity (Wildman–Crippen MR) is 167 cm³/mol. The number of halogens is 2. The number of benzene rings is 1. The van der Waals surface area contributed by atoms with Gasteiger partial charge in [0.2, 0.25) is 11.8 Å². The molecule has 0 spiro atoms. The van der Waals surface area contributed by atoms with Crippen LogP contribution in [0.5, 0.6) is 11.6 Å². The summed E-state index contributed by atoms with van der Waals surface area (Å²) in [6, 6.07) is 2.98. The first-order valence-electron chi connectivity index (χ1n) is 16.4. The zero-order chi connectivity index (χ0) is 33.6. The van der Waals surface area contributed by atoms with Crippen molar-refractivity contribution in [2.24, 2.45) is 17.3 Å². The molecule has 1 aromatic carbocycles. The molecular formula is C34H46F2N4O6. The van der Waals surface area contributed by atoms with Gasteiger partial charge in [-0.05, 0) is 64.0 Å². The van der Waals surface area contributed by atoms with E-state index in [1.54, 1.807) is 18.2 Å². The van der Waals surface area contributed by atoms with Crippen LogP contribution in [-0.2, 0) is 20.2 Å². The van der Waals surface area contributed by atoms with Crippen molar-refractivity contribution in [3.05, 3.63) is 23.9 Å². The number of carbonyl (C=O) groups excluding carboxylic acids is 3. The molecule has 2 aromatic rings. The minimum absolute atomic E-state index is 0.0279. The second-order valence-corrected chi connectivity index (χ2v) is 14.2. The standard InChI is InChI=1S/C34H46F2N4O6/c1-8-22-25-18-40(26(22)19(3)41)30(42)28(32(4,5)6)39-31(43)46-33(7)17-20(33)12-10-11-15-34(35,36)27-29(45-25)38-24-16-21(44-9-2)13-14-23(24)37-27/h13-14,16,20,22,25-26,28H,8-12,15,17-18H2,1-7H3,(H,39,43)/t20-,22-,25+,26-,28-,33-/m1/s1. The molecule has 2 bridgehead atoms. The van der Waals surface area contributed by atoms with Crippen molar-refractivity contribution in [2.45, 2.75) is 117 Å². The van der Waals surface area contributed by atoms with Crippen molar-refractivity contribution in [3.8, 4) is 11.6 Å². The van der Waals surface area contributed by atoms with Crippen LogP contribution in [0.3, 0.4) is 0 Å². The molecule has 1 aliphatic carbocycles. The molecule has 2 fully saturated rings. The van der Waals surface area contributed by atoms with Crippen molar-refractivity contribution < 1.29 is 37.4 Å². The third kappa shape index (κ3) is 6.76. The number of carbonyl (C=O) groups is 3. The SMILES string of the molecule is CCOc1ccc2nc3c(nc2c1)O[C@H]1CN(C(=O)[C@H](C(C)(C)C)NC(=O)O[C@]2(C)C[C@H]2CCCCC3(F)F)[C@H](C(C)=O)[C@@H]1CC. The number of nitrogens with zero attached hydrogens (tertiary/aromatic N) is 3. The zero-order valence-corrected chi connectivity index (χ0v) is 27.8. The minimum atomic E-state index is -3.36. The van der Waals surface area contributed by atoms with E-state index in [0.717, 1.165) is 0 Å². The highest BCUT2D eigenvalue weighted by Crippen LogP contribution is 2.50. The van der Waals surface area contributed by atoms with Crippen molar-refractivity contribution in [1.82, 2.24) is 20.2 Å². The van der Waals surface area contributed by atoms with Gasteiger partial charge in [-0.15, -0.1) is 0 Å². The molecule has 1 aromatic heterocycles. The molecule has 1 saturated heterocycles. The fourth-order valence-corrected chi connectivity index (χ4v) is 6.97. The third-order valence-corrected chi connectivity index (χ3v) is 9.64. The van der Waals surface area contributed by atoms with Gasteiger partial charge in [0.1, 0.15) is 23.5 Å². The summed E-state index contributed by atoms with van der Waals surface area (Å²) in [5.74, 6) is -4.39. The molecule has 1 N–H and O–H groups in total. The number of nitrogens with one attached hydrogen (secondary N) is 1. The Hall–Kier alpha value is -3.57. The highest BCUT2D eigenvalue weighted by atomic mass is 19.3. The fourth-order valence-electron chi connectivity index (χ4n) is 6.97. The van der Waals surface area contributed by atoms with E-state index in [4.69, 9.17) is 14.2 Å². The van der Waals surface area contributed by atoms with Crippen molar-refractivity contribution in [1.29, 1.82) is 0 Å². The van der Waals surface area contributed by atoms with Crippen LogP contribution in [0.1, 0.15) is 92.7 Å². The lowest BCUT2D eigenvalue weighted by molar-refractivity contribution is -0.141. The number of hydrogen-bond donors (Lipinski definition) is 1. The van der Waals surface area contributed by atoms with Crippen LogP contribution < -0.4 is 14.8 Å². The van der Waals surface area contributed by atoms with Gasteiger partial charge in [0.05, 0.1) is 30.2 Å². The highest BCUT2D eigenvalue weighted by molar-refractivity contribution is 5.92. The van der Waals surface area contributed by atoms with Gasteiger partial charge >= 0.3 is 6.09 Å². The lowest BCUT2D eigenvalue weighted by Crippen LogP contribution is -2.57. The monoisotopic (exact) mass is 644 g/mol. The molecule has 10 nitrogen and oxygen atoms in total. The van der Waals surface area contributed by atoms with Gasteiger partial charge in [-0.3, -0.25) is 9.59 Å². The molecule has 6 atom stereocenters. The van der Waals surface area contributed by atoms with Crippen molar-refractivity contribution in [2.75, 3.05) is 13.2 Å². The Balaban J connectivity index is 1.60. The smallest absolute Gasteiger partial charge is 0.408 e. The number of amides is 2. The van der Waals surface area contributed by atoms with Crippen molar-refractivity contribution >= 4 is 28.8 Å². The van der Waals surface area contributed by atoms with Gasteiger partial charge in [0.15, 0.2) is 11.5 Å². The van der Waals surface area contributed by atoms with E-state index >= 15 is 8.78 Å². The highest BCUT2D eigenvalue weighted by Gasteiger charge is 2.55.